The third-order valence-corrected chi connectivity index (χ3v) is 4.63. The van der Waals surface area contributed by atoms with Crippen LogP contribution >= 0.6 is 0 Å². The molecule has 1 N–H and O–H groups in total. The van der Waals surface area contributed by atoms with Gasteiger partial charge in [-0.2, -0.15) is 0 Å². The van der Waals surface area contributed by atoms with E-state index in [-0.39, 0.29) is 0 Å². The van der Waals surface area contributed by atoms with Gasteiger partial charge in [0.2, 0.25) is 0 Å². The molecule has 0 aromatic rings. The van der Waals surface area contributed by atoms with Crippen molar-refractivity contribution in [3.8, 4) is 0 Å². The summed E-state index contributed by atoms with van der Waals surface area (Å²) in [4.78, 5) is 0. The minimum absolute atomic E-state index is 0.740. The van der Waals surface area contributed by atoms with Crippen molar-refractivity contribution in [1.82, 2.24) is 5.32 Å². The highest BCUT2D eigenvalue weighted by atomic mass is 14.9. The van der Waals surface area contributed by atoms with Crippen molar-refractivity contribution in [3.63, 3.8) is 0 Å². The van der Waals surface area contributed by atoms with Crippen molar-refractivity contribution in [1.29, 1.82) is 0 Å². The topological polar surface area (TPSA) is 12.0 Å². The molecule has 14 heavy (non-hydrogen) atoms. The molecule has 3 atom stereocenters. The van der Waals surface area contributed by atoms with Crippen LogP contribution in [0.15, 0.2) is 11.1 Å². The second-order valence-electron chi connectivity index (χ2n) is 5.44. The van der Waals surface area contributed by atoms with Crippen molar-refractivity contribution in [2.45, 2.75) is 51.5 Å². The lowest BCUT2D eigenvalue weighted by Gasteiger charge is -2.21. The van der Waals surface area contributed by atoms with E-state index in [0.717, 1.165) is 17.9 Å². The molecule has 1 saturated heterocycles. The molecule has 0 spiro atoms. The number of hydrogen-bond acceptors (Lipinski definition) is 1. The zero-order valence-corrected chi connectivity index (χ0v) is 9.18. The van der Waals surface area contributed by atoms with Gasteiger partial charge in [0.15, 0.2) is 0 Å². The summed E-state index contributed by atoms with van der Waals surface area (Å²) in [5.74, 6) is 2.05. The Morgan fingerprint density at radius 1 is 1.29 bits per heavy atom. The minimum Gasteiger partial charge on any atom is -0.310 e. The normalized spacial score (nSPS) is 44.8. The quantitative estimate of drug-likeness (QED) is 0.628. The Morgan fingerprint density at radius 3 is 2.79 bits per heavy atom. The predicted octanol–water partition coefficient (Wildman–Crippen LogP) is 2.87. The van der Waals surface area contributed by atoms with Crippen LogP contribution in [0.1, 0.15) is 45.4 Å². The molecule has 1 heterocycles. The molecule has 1 nitrogen and oxygen atoms in total. The summed E-state index contributed by atoms with van der Waals surface area (Å²) in [6.45, 7) is 3.63. The lowest BCUT2D eigenvalue weighted by atomic mass is 9.88. The Kier molecular flexibility index (Phi) is 2.16. The molecule has 1 aliphatic heterocycles. The van der Waals surface area contributed by atoms with Crippen LogP contribution in [0.5, 0.6) is 0 Å². The fourth-order valence-corrected chi connectivity index (χ4v) is 3.82. The zero-order valence-electron chi connectivity index (χ0n) is 9.18. The van der Waals surface area contributed by atoms with Crippen LogP contribution < -0.4 is 5.32 Å². The molecule has 78 valence electrons. The zero-order chi connectivity index (χ0) is 9.54. The van der Waals surface area contributed by atoms with Crippen LogP contribution in [0.3, 0.4) is 0 Å². The van der Waals surface area contributed by atoms with Crippen LogP contribution in [0.25, 0.3) is 0 Å². The maximum Gasteiger partial charge on any atom is 0.0279 e. The summed E-state index contributed by atoms with van der Waals surface area (Å²) >= 11 is 0. The molecule has 1 heteroatoms. The van der Waals surface area contributed by atoms with Gasteiger partial charge in [0, 0.05) is 6.04 Å². The molecule has 0 amide bonds. The van der Waals surface area contributed by atoms with Crippen molar-refractivity contribution in [2.24, 2.45) is 11.8 Å². The number of rotatable bonds is 1. The van der Waals surface area contributed by atoms with E-state index >= 15 is 0 Å². The van der Waals surface area contributed by atoms with Crippen molar-refractivity contribution < 1.29 is 0 Å². The van der Waals surface area contributed by atoms with E-state index in [4.69, 9.17) is 0 Å². The van der Waals surface area contributed by atoms with Gasteiger partial charge < -0.3 is 5.32 Å². The molecule has 0 radical (unpaired) electrons. The average Bonchev–Trinajstić information content (AvgIpc) is 2.93. The summed E-state index contributed by atoms with van der Waals surface area (Å²) in [7, 11) is 0. The summed E-state index contributed by atoms with van der Waals surface area (Å²) in [5.41, 5.74) is 3.57. The standard InChI is InChI=1S/C13H21N/c1-9(13-3-2-6-14-13)12-8-10-4-5-11(12)7-10/h10-11,13-14H,2-8H2,1H3/b12-9-. The first-order valence-electron chi connectivity index (χ1n) is 6.27. The monoisotopic (exact) mass is 191 g/mol. The van der Waals surface area contributed by atoms with E-state index in [2.05, 4.69) is 12.2 Å². The first kappa shape index (κ1) is 8.96. The third kappa shape index (κ3) is 1.33. The van der Waals surface area contributed by atoms with E-state index in [1.54, 1.807) is 5.57 Å². The van der Waals surface area contributed by atoms with Gasteiger partial charge in [-0.15, -0.1) is 0 Å². The van der Waals surface area contributed by atoms with E-state index in [1.165, 1.54) is 45.1 Å². The SMILES string of the molecule is C/C(=C1\CC2CCC1C2)C1CCCN1. The Morgan fingerprint density at radius 2 is 2.21 bits per heavy atom. The number of hydrogen-bond donors (Lipinski definition) is 1. The molecule has 2 saturated carbocycles. The van der Waals surface area contributed by atoms with Crippen LogP contribution in [0.4, 0.5) is 0 Å². The Hall–Kier alpha value is -0.300. The smallest absolute Gasteiger partial charge is 0.0279 e. The summed E-state index contributed by atoms with van der Waals surface area (Å²) < 4.78 is 0. The summed E-state index contributed by atoms with van der Waals surface area (Å²) in [6, 6.07) is 0.740. The van der Waals surface area contributed by atoms with Crippen LogP contribution in [-0.2, 0) is 0 Å². The average molecular weight is 191 g/mol. The molecule has 0 aromatic carbocycles. The van der Waals surface area contributed by atoms with Gasteiger partial charge in [-0.3, -0.25) is 0 Å². The lowest BCUT2D eigenvalue weighted by molar-refractivity contribution is 0.548. The maximum absolute atomic E-state index is 3.63. The molecule has 3 aliphatic rings. The molecule has 3 unspecified atom stereocenters. The molecule has 3 fully saturated rings. The van der Waals surface area contributed by atoms with Gasteiger partial charge in [0.1, 0.15) is 0 Å². The van der Waals surface area contributed by atoms with Crippen molar-refractivity contribution in [2.75, 3.05) is 6.54 Å². The number of nitrogens with one attached hydrogen (secondary N) is 1. The van der Waals surface area contributed by atoms with Crippen LogP contribution in [0, 0.1) is 11.8 Å². The van der Waals surface area contributed by atoms with Gasteiger partial charge in [-0.1, -0.05) is 11.1 Å². The van der Waals surface area contributed by atoms with Gasteiger partial charge in [-0.05, 0) is 63.8 Å². The first-order chi connectivity index (χ1) is 6.84. The number of allylic oxidation sites excluding steroid dienone is 1. The van der Waals surface area contributed by atoms with Crippen molar-refractivity contribution in [3.05, 3.63) is 11.1 Å². The lowest BCUT2D eigenvalue weighted by Crippen LogP contribution is -2.24. The summed E-state index contributed by atoms with van der Waals surface area (Å²) in [5, 5.41) is 3.63. The van der Waals surface area contributed by atoms with Crippen LogP contribution in [0.2, 0.25) is 0 Å². The molecule has 2 bridgehead atoms. The molecular formula is C13H21N. The van der Waals surface area contributed by atoms with Gasteiger partial charge in [-0.25, -0.2) is 0 Å². The highest BCUT2D eigenvalue weighted by Gasteiger charge is 2.37. The molecular weight excluding hydrogens is 170 g/mol. The van der Waals surface area contributed by atoms with Gasteiger partial charge >= 0.3 is 0 Å². The highest BCUT2D eigenvalue weighted by molar-refractivity contribution is 5.26. The van der Waals surface area contributed by atoms with E-state index in [9.17, 15) is 0 Å². The van der Waals surface area contributed by atoms with E-state index in [0.29, 0.717) is 0 Å². The second-order valence-corrected chi connectivity index (χ2v) is 5.44. The molecule has 2 aliphatic carbocycles. The van der Waals surface area contributed by atoms with Crippen LogP contribution in [-0.4, -0.2) is 12.6 Å². The minimum atomic E-state index is 0.740. The van der Waals surface area contributed by atoms with Gasteiger partial charge in [0.25, 0.3) is 0 Å². The fraction of sp³-hybridized carbons (Fsp3) is 0.846. The predicted molar refractivity (Wildman–Crippen MR) is 59.2 cm³/mol. The third-order valence-electron chi connectivity index (χ3n) is 4.63. The largest absolute Gasteiger partial charge is 0.310 e. The van der Waals surface area contributed by atoms with Crippen molar-refractivity contribution >= 4 is 0 Å². The molecule has 3 rings (SSSR count). The van der Waals surface area contributed by atoms with E-state index in [1.807, 2.05) is 5.57 Å². The highest BCUT2D eigenvalue weighted by Crippen LogP contribution is 2.49. The number of fused-ring (bicyclic) bond motifs is 2. The molecule has 0 aromatic heterocycles. The van der Waals surface area contributed by atoms with E-state index < -0.39 is 0 Å². The Bertz CT molecular complexity index is 260. The second kappa shape index (κ2) is 3.37. The fourth-order valence-electron chi connectivity index (χ4n) is 3.82. The summed E-state index contributed by atoms with van der Waals surface area (Å²) in [6.07, 6.45) is 8.72. The first-order valence-corrected chi connectivity index (χ1v) is 6.27. The Labute approximate surface area is 87.0 Å². The maximum atomic E-state index is 3.63. The van der Waals surface area contributed by atoms with Gasteiger partial charge in [0.05, 0.1) is 0 Å². The Balaban J connectivity index is 1.81.